The van der Waals surface area contributed by atoms with Crippen molar-refractivity contribution in [1.82, 2.24) is 4.90 Å². The highest BCUT2D eigenvalue weighted by Gasteiger charge is 2.35. The Morgan fingerprint density at radius 3 is 2.74 bits per heavy atom. The summed E-state index contributed by atoms with van der Waals surface area (Å²) in [6, 6.07) is 1.03. The SMILES string of the molecule is CCO[Si]1(C)CCCOCC(CN2CCOCC2)O1. The minimum absolute atomic E-state index is 0.140. The first-order chi connectivity index (χ1) is 9.22. The molecule has 112 valence electrons. The third-order valence-electron chi connectivity index (χ3n) is 3.65. The molecule has 0 bridgehead atoms. The molecule has 6 heteroatoms. The van der Waals surface area contributed by atoms with Crippen molar-refractivity contribution in [3.05, 3.63) is 0 Å². The van der Waals surface area contributed by atoms with Crippen molar-refractivity contribution in [2.24, 2.45) is 0 Å². The van der Waals surface area contributed by atoms with E-state index in [0.717, 1.165) is 58.5 Å². The van der Waals surface area contributed by atoms with Crippen LogP contribution in [0.1, 0.15) is 13.3 Å². The number of ether oxygens (including phenoxy) is 2. The van der Waals surface area contributed by atoms with Gasteiger partial charge in [0.15, 0.2) is 0 Å². The van der Waals surface area contributed by atoms with Crippen LogP contribution in [0.3, 0.4) is 0 Å². The average molecular weight is 289 g/mol. The lowest BCUT2D eigenvalue weighted by molar-refractivity contribution is -0.0240. The Morgan fingerprint density at radius 2 is 2.00 bits per heavy atom. The van der Waals surface area contributed by atoms with Gasteiger partial charge in [-0.3, -0.25) is 4.90 Å². The molecule has 0 amide bonds. The van der Waals surface area contributed by atoms with Crippen LogP contribution in [0.5, 0.6) is 0 Å². The molecule has 2 unspecified atom stereocenters. The van der Waals surface area contributed by atoms with Gasteiger partial charge in [0, 0.05) is 32.8 Å². The molecular formula is C13H27NO4Si. The Bertz CT molecular complexity index is 263. The second-order valence-corrected chi connectivity index (χ2v) is 8.69. The van der Waals surface area contributed by atoms with Crippen molar-refractivity contribution < 1.29 is 18.3 Å². The van der Waals surface area contributed by atoms with Crippen molar-refractivity contribution in [2.45, 2.75) is 32.0 Å². The molecule has 2 saturated heterocycles. The number of morpholine rings is 1. The van der Waals surface area contributed by atoms with Gasteiger partial charge in [0.05, 0.1) is 25.9 Å². The number of nitrogens with zero attached hydrogens (tertiary/aromatic N) is 1. The molecule has 2 rings (SSSR count). The summed E-state index contributed by atoms with van der Waals surface area (Å²) in [6.45, 7) is 11.1. The van der Waals surface area contributed by atoms with Gasteiger partial charge in [-0.25, -0.2) is 0 Å². The highest BCUT2D eigenvalue weighted by Crippen LogP contribution is 2.21. The van der Waals surface area contributed by atoms with Crippen LogP contribution in [-0.2, 0) is 18.3 Å². The van der Waals surface area contributed by atoms with Gasteiger partial charge in [-0.15, -0.1) is 0 Å². The molecule has 0 aromatic carbocycles. The molecule has 5 nitrogen and oxygen atoms in total. The molecule has 0 aromatic rings. The van der Waals surface area contributed by atoms with Crippen molar-refractivity contribution in [3.8, 4) is 0 Å². The molecule has 2 atom stereocenters. The van der Waals surface area contributed by atoms with Crippen LogP contribution in [0.15, 0.2) is 0 Å². The molecule has 0 aliphatic carbocycles. The highest BCUT2D eigenvalue weighted by atomic mass is 28.4. The minimum atomic E-state index is -2.00. The van der Waals surface area contributed by atoms with E-state index in [1.165, 1.54) is 0 Å². The summed E-state index contributed by atoms with van der Waals surface area (Å²) in [4.78, 5) is 2.40. The van der Waals surface area contributed by atoms with E-state index in [1.807, 2.05) is 6.92 Å². The lowest BCUT2D eigenvalue weighted by Crippen LogP contribution is -2.50. The topological polar surface area (TPSA) is 40.2 Å². The second kappa shape index (κ2) is 7.71. The summed E-state index contributed by atoms with van der Waals surface area (Å²) in [6.07, 6.45) is 1.19. The van der Waals surface area contributed by atoms with Crippen LogP contribution in [-0.4, -0.2) is 72.2 Å². The van der Waals surface area contributed by atoms with Gasteiger partial charge < -0.3 is 18.3 Å². The molecule has 2 aliphatic rings. The van der Waals surface area contributed by atoms with Crippen LogP contribution in [0.2, 0.25) is 12.6 Å². The zero-order chi connectivity index (χ0) is 13.6. The van der Waals surface area contributed by atoms with Gasteiger partial charge in [0.25, 0.3) is 0 Å². The second-order valence-electron chi connectivity index (χ2n) is 5.40. The molecule has 0 spiro atoms. The summed E-state index contributed by atoms with van der Waals surface area (Å²) in [5.41, 5.74) is 0. The van der Waals surface area contributed by atoms with Gasteiger partial charge in [-0.2, -0.15) is 0 Å². The Balaban J connectivity index is 1.88. The first-order valence-electron chi connectivity index (χ1n) is 7.41. The van der Waals surface area contributed by atoms with E-state index in [0.29, 0.717) is 6.61 Å². The van der Waals surface area contributed by atoms with Gasteiger partial charge in [-0.05, 0) is 25.9 Å². The van der Waals surface area contributed by atoms with Crippen LogP contribution in [0, 0.1) is 0 Å². The van der Waals surface area contributed by atoms with Gasteiger partial charge in [-0.1, -0.05) is 0 Å². The Kier molecular flexibility index (Phi) is 6.25. The van der Waals surface area contributed by atoms with E-state index >= 15 is 0 Å². The Labute approximate surface area is 117 Å². The third-order valence-corrected chi connectivity index (χ3v) is 6.65. The predicted octanol–water partition coefficient (Wildman–Crippen LogP) is 1.23. The van der Waals surface area contributed by atoms with Crippen molar-refractivity contribution in [3.63, 3.8) is 0 Å². The Morgan fingerprint density at radius 1 is 1.21 bits per heavy atom. The highest BCUT2D eigenvalue weighted by molar-refractivity contribution is 6.66. The standard InChI is InChI=1S/C13H27NO4Si/c1-3-17-19(2)10-4-7-16-12-13(18-19)11-14-5-8-15-9-6-14/h13H,3-12H2,1-2H3. The molecule has 2 aliphatic heterocycles. The van der Waals surface area contributed by atoms with E-state index in [9.17, 15) is 0 Å². The zero-order valence-corrected chi connectivity index (χ0v) is 13.2. The van der Waals surface area contributed by atoms with Gasteiger partial charge in [0.1, 0.15) is 0 Å². The lowest BCUT2D eigenvalue weighted by atomic mass is 10.3. The average Bonchev–Trinajstić information content (AvgIpc) is 2.37. The van der Waals surface area contributed by atoms with E-state index in [1.54, 1.807) is 0 Å². The fourth-order valence-corrected chi connectivity index (χ4v) is 5.30. The summed E-state index contributed by atoms with van der Waals surface area (Å²) in [7, 11) is -2.00. The van der Waals surface area contributed by atoms with E-state index in [-0.39, 0.29) is 6.10 Å². The van der Waals surface area contributed by atoms with Crippen LogP contribution >= 0.6 is 0 Å². The van der Waals surface area contributed by atoms with E-state index < -0.39 is 8.56 Å². The third kappa shape index (κ3) is 5.13. The first kappa shape index (κ1) is 15.4. The lowest BCUT2D eigenvalue weighted by Gasteiger charge is -2.36. The maximum absolute atomic E-state index is 6.33. The quantitative estimate of drug-likeness (QED) is 0.728. The monoisotopic (exact) mass is 289 g/mol. The van der Waals surface area contributed by atoms with Crippen molar-refractivity contribution in [1.29, 1.82) is 0 Å². The molecule has 2 heterocycles. The molecule has 19 heavy (non-hydrogen) atoms. The van der Waals surface area contributed by atoms with Gasteiger partial charge >= 0.3 is 8.56 Å². The molecular weight excluding hydrogens is 262 g/mol. The first-order valence-corrected chi connectivity index (χ1v) is 9.94. The van der Waals surface area contributed by atoms with Crippen LogP contribution < -0.4 is 0 Å². The minimum Gasteiger partial charge on any atom is -0.395 e. The Hall–Kier alpha value is 0.0169. The maximum atomic E-state index is 6.33. The summed E-state index contributed by atoms with van der Waals surface area (Å²) >= 11 is 0. The summed E-state index contributed by atoms with van der Waals surface area (Å²) in [5.74, 6) is 0. The maximum Gasteiger partial charge on any atom is 0.335 e. The van der Waals surface area contributed by atoms with Crippen molar-refractivity contribution in [2.75, 3.05) is 52.7 Å². The normalized spacial score (nSPS) is 34.7. The van der Waals surface area contributed by atoms with E-state index in [4.69, 9.17) is 18.3 Å². The summed E-state index contributed by atoms with van der Waals surface area (Å²) < 4.78 is 23.3. The van der Waals surface area contributed by atoms with Gasteiger partial charge in [0.2, 0.25) is 0 Å². The molecule has 0 radical (unpaired) electrons. The smallest absolute Gasteiger partial charge is 0.335 e. The van der Waals surface area contributed by atoms with Crippen molar-refractivity contribution >= 4 is 8.56 Å². The van der Waals surface area contributed by atoms with Crippen LogP contribution in [0.4, 0.5) is 0 Å². The molecule has 2 fully saturated rings. The fraction of sp³-hybridized carbons (Fsp3) is 1.00. The molecule has 0 saturated carbocycles. The summed E-state index contributed by atoms with van der Waals surface area (Å²) in [5, 5.41) is 0. The zero-order valence-electron chi connectivity index (χ0n) is 12.2. The number of hydrogen-bond acceptors (Lipinski definition) is 5. The number of rotatable bonds is 4. The number of hydrogen-bond donors (Lipinski definition) is 0. The molecule has 0 aromatic heterocycles. The molecule has 0 N–H and O–H groups in total. The predicted molar refractivity (Wildman–Crippen MR) is 75.6 cm³/mol. The van der Waals surface area contributed by atoms with Crippen LogP contribution in [0.25, 0.3) is 0 Å². The fourth-order valence-electron chi connectivity index (χ4n) is 2.73. The van der Waals surface area contributed by atoms with E-state index in [2.05, 4.69) is 11.4 Å². The largest absolute Gasteiger partial charge is 0.395 e.